The first-order chi connectivity index (χ1) is 8.18. The third kappa shape index (κ3) is 6.04. The second-order valence-corrected chi connectivity index (χ2v) is 5.47. The molecule has 0 heterocycles. The smallest absolute Gasteiger partial charge is 0.235 e. The number of nitrogens with zero attached hydrogens (tertiary/aromatic N) is 1. The van der Waals surface area contributed by atoms with Crippen LogP contribution in [0.3, 0.4) is 0 Å². The Labute approximate surface area is 111 Å². The van der Waals surface area contributed by atoms with E-state index < -0.39 is 11.1 Å². The molecule has 0 spiro atoms. The maximum Gasteiger partial charge on any atom is 0.235 e. The quantitative estimate of drug-likeness (QED) is 0.666. The van der Waals surface area contributed by atoms with Gasteiger partial charge in [-0.15, -0.1) is 6.42 Å². The Morgan fingerprint density at radius 1 is 1.39 bits per heavy atom. The lowest BCUT2D eigenvalue weighted by atomic mass is 9.94. The Morgan fingerprint density at radius 2 is 1.89 bits per heavy atom. The second kappa shape index (κ2) is 6.77. The molecule has 0 unspecified atom stereocenters. The van der Waals surface area contributed by atoms with Crippen molar-refractivity contribution in [1.82, 2.24) is 10.2 Å². The van der Waals surface area contributed by atoms with E-state index in [0.29, 0.717) is 19.4 Å². The number of carbonyl (C=O) groups is 1. The molecule has 0 aliphatic rings. The van der Waals surface area contributed by atoms with Gasteiger partial charge >= 0.3 is 0 Å². The molecule has 0 atom stereocenters. The van der Waals surface area contributed by atoms with Gasteiger partial charge in [-0.25, -0.2) is 0 Å². The van der Waals surface area contributed by atoms with Gasteiger partial charge in [-0.3, -0.25) is 9.69 Å². The van der Waals surface area contributed by atoms with Crippen LogP contribution in [0.1, 0.15) is 40.5 Å². The van der Waals surface area contributed by atoms with E-state index in [1.165, 1.54) is 0 Å². The molecule has 0 rings (SSSR count). The van der Waals surface area contributed by atoms with Crippen molar-refractivity contribution in [3.63, 3.8) is 0 Å². The maximum absolute atomic E-state index is 11.9. The van der Waals surface area contributed by atoms with E-state index in [9.17, 15) is 9.90 Å². The predicted octanol–water partition coefficient (Wildman–Crippen LogP) is 0.997. The van der Waals surface area contributed by atoms with Gasteiger partial charge in [-0.1, -0.05) is 19.8 Å². The summed E-state index contributed by atoms with van der Waals surface area (Å²) in [6.45, 7) is 8.01. The van der Waals surface area contributed by atoms with E-state index in [2.05, 4.69) is 11.2 Å². The van der Waals surface area contributed by atoms with Gasteiger partial charge in [0.2, 0.25) is 5.91 Å². The molecule has 0 aliphatic carbocycles. The van der Waals surface area contributed by atoms with E-state index in [-0.39, 0.29) is 12.5 Å². The van der Waals surface area contributed by atoms with Crippen molar-refractivity contribution in [2.75, 3.05) is 20.1 Å². The molecule has 104 valence electrons. The Balaban J connectivity index is 4.39. The summed E-state index contributed by atoms with van der Waals surface area (Å²) < 4.78 is 0. The number of aliphatic hydroxyl groups is 1. The number of hydrogen-bond acceptors (Lipinski definition) is 3. The first-order valence-corrected chi connectivity index (χ1v) is 6.37. The van der Waals surface area contributed by atoms with Crippen molar-refractivity contribution in [2.45, 2.75) is 51.7 Å². The van der Waals surface area contributed by atoms with Crippen LogP contribution in [0.15, 0.2) is 0 Å². The molecule has 0 aromatic carbocycles. The zero-order valence-corrected chi connectivity index (χ0v) is 12.2. The van der Waals surface area contributed by atoms with Crippen molar-refractivity contribution in [3.05, 3.63) is 0 Å². The summed E-state index contributed by atoms with van der Waals surface area (Å²) >= 11 is 0. The van der Waals surface area contributed by atoms with Crippen molar-refractivity contribution in [3.8, 4) is 12.3 Å². The predicted molar refractivity (Wildman–Crippen MR) is 74.1 cm³/mol. The van der Waals surface area contributed by atoms with Crippen LogP contribution >= 0.6 is 0 Å². The number of carbonyl (C=O) groups excluding carboxylic acids is 1. The monoisotopic (exact) mass is 254 g/mol. The summed E-state index contributed by atoms with van der Waals surface area (Å²) in [7, 11) is 1.80. The van der Waals surface area contributed by atoms with Gasteiger partial charge < -0.3 is 10.4 Å². The first kappa shape index (κ1) is 16.9. The van der Waals surface area contributed by atoms with Gasteiger partial charge in [-0.2, -0.15) is 0 Å². The highest BCUT2D eigenvalue weighted by atomic mass is 16.3. The summed E-state index contributed by atoms with van der Waals surface area (Å²) in [5, 5.41) is 12.6. The Bertz CT molecular complexity index is 309. The van der Waals surface area contributed by atoms with Crippen LogP contribution in [0.5, 0.6) is 0 Å². The lowest BCUT2D eigenvalue weighted by Gasteiger charge is -2.29. The molecular weight excluding hydrogens is 228 g/mol. The van der Waals surface area contributed by atoms with Crippen LogP contribution in [0.25, 0.3) is 0 Å². The van der Waals surface area contributed by atoms with Crippen molar-refractivity contribution in [1.29, 1.82) is 0 Å². The third-order valence-corrected chi connectivity index (χ3v) is 2.93. The van der Waals surface area contributed by atoms with Crippen LogP contribution < -0.4 is 5.32 Å². The molecule has 0 fully saturated rings. The highest BCUT2D eigenvalue weighted by Crippen LogP contribution is 2.13. The second-order valence-electron chi connectivity index (χ2n) is 5.47. The highest BCUT2D eigenvalue weighted by Gasteiger charge is 2.26. The van der Waals surface area contributed by atoms with Crippen molar-refractivity contribution in [2.24, 2.45) is 0 Å². The normalized spacial score (nSPS) is 12.3. The number of nitrogens with one attached hydrogen (secondary N) is 1. The molecule has 0 aromatic heterocycles. The molecule has 4 heteroatoms. The average molecular weight is 254 g/mol. The summed E-state index contributed by atoms with van der Waals surface area (Å²) in [4.78, 5) is 13.7. The molecule has 1 amide bonds. The molecule has 0 aliphatic heterocycles. The van der Waals surface area contributed by atoms with Crippen LogP contribution in [-0.4, -0.2) is 47.2 Å². The maximum atomic E-state index is 11.9. The Morgan fingerprint density at radius 3 is 2.22 bits per heavy atom. The summed E-state index contributed by atoms with van der Waals surface area (Å²) in [6, 6.07) is 0. The topological polar surface area (TPSA) is 52.6 Å². The number of likely N-dealkylation sites (N-methyl/N-ethyl adjacent to an activating group) is 1. The Hall–Kier alpha value is -1.05. The molecule has 0 saturated heterocycles. The zero-order chi connectivity index (χ0) is 14.4. The molecule has 0 aromatic rings. The van der Waals surface area contributed by atoms with Crippen LogP contribution in [0.2, 0.25) is 0 Å². The number of rotatable bonds is 7. The molecule has 18 heavy (non-hydrogen) atoms. The van der Waals surface area contributed by atoms with Gasteiger partial charge in [-0.05, 0) is 33.7 Å². The van der Waals surface area contributed by atoms with Gasteiger partial charge in [0.1, 0.15) is 5.54 Å². The van der Waals surface area contributed by atoms with Gasteiger partial charge in [0.25, 0.3) is 0 Å². The van der Waals surface area contributed by atoms with Crippen molar-refractivity contribution >= 4 is 5.91 Å². The molecule has 0 saturated carbocycles. The number of terminal acetylenes is 1. The van der Waals surface area contributed by atoms with E-state index in [0.717, 1.165) is 0 Å². The minimum atomic E-state index is -0.812. The van der Waals surface area contributed by atoms with Gasteiger partial charge in [0.15, 0.2) is 0 Å². The van der Waals surface area contributed by atoms with E-state index in [1.807, 2.05) is 13.8 Å². The summed E-state index contributed by atoms with van der Waals surface area (Å²) in [5.74, 6) is 2.56. The van der Waals surface area contributed by atoms with Crippen LogP contribution in [0.4, 0.5) is 0 Å². The minimum absolute atomic E-state index is 0.108. The number of amides is 1. The summed E-state index contributed by atoms with van der Waals surface area (Å²) in [6.07, 6.45) is 6.91. The van der Waals surface area contributed by atoms with E-state index >= 15 is 0 Å². The lowest BCUT2D eigenvalue weighted by molar-refractivity contribution is -0.123. The molecule has 2 N–H and O–H groups in total. The molecular formula is C14H26N2O2. The molecule has 4 nitrogen and oxygen atoms in total. The average Bonchev–Trinajstić information content (AvgIpc) is 2.23. The zero-order valence-electron chi connectivity index (χ0n) is 12.2. The molecule has 0 radical (unpaired) electrons. The fourth-order valence-corrected chi connectivity index (χ4v) is 1.93. The van der Waals surface area contributed by atoms with Crippen LogP contribution in [-0.2, 0) is 4.79 Å². The lowest BCUT2D eigenvalue weighted by Crippen LogP contribution is -2.50. The standard InChI is InChI=1S/C14H26N2O2/c1-7-14(8-2,9-3)15-12(17)10-16(6)11-13(4,5)18/h1,18H,8-11H2,2-6H3,(H,15,17). The fourth-order valence-electron chi connectivity index (χ4n) is 1.93. The largest absolute Gasteiger partial charge is 0.389 e. The van der Waals surface area contributed by atoms with Gasteiger partial charge in [0, 0.05) is 6.54 Å². The SMILES string of the molecule is C#CC(CC)(CC)NC(=O)CN(C)CC(C)(C)O. The van der Waals surface area contributed by atoms with Crippen molar-refractivity contribution < 1.29 is 9.90 Å². The first-order valence-electron chi connectivity index (χ1n) is 6.37. The fraction of sp³-hybridized carbons (Fsp3) is 0.786. The van der Waals surface area contributed by atoms with E-state index in [4.69, 9.17) is 6.42 Å². The van der Waals surface area contributed by atoms with Gasteiger partial charge in [0.05, 0.1) is 12.1 Å². The highest BCUT2D eigenvalue weighted by molar-refractivity contribution is 5.79. The number of hydrogen-bond donors (Lipinski definition) is 2. The van der Waals surface area contributed by atoms with Crippen LogP contribution in [0, 0.1) is 12.3 Å². The van der Waals surface area contributed by atoms with E-state index in [1.54, 1.807) is 25.8 Å². The molecule has 0 bridgehead atoms. The minimum Gasteiger partial charge on any atom is -0.389 e. The summed E-state index contributed by atoms with van der Waals surface area (Å²) in [5.41, 5.74) is -1.36. The third-order valence-electron chi connectivity index (χ3n) is 2.93. The Kier molecular flexibility index (Phi) is 6.37.